The lowest BCUT2D eigenvalue weighted by molar-refractivity contribution is 0.104. The van der Waals surface area contributed by atoms with Gasteiger partial charge in [-0.05, 0) is 35.9 Å². The van der Waals surface area contributed by atoms with Crippen LogP contribution in [-0.2, 0) is 0 Å². The Kier molecular flexibility index (Phi) is 3.61. The minimum absolute atomic E-state index is 0.141. The van der Waals surface area contributed by atoms with Crippen molar-refractivity contribution in [1.82, 2.24) is 0 Å². The number of aromatic hydroxyl groups is 4. The van der Waals surface area contributed by atoms with Crippen molar-refractivity contribution >= 4 is 11.9 Å². The van der Waals surface area contributed by atoms with E-state index in [1.54, 1.807) is 0 Å². The quantitative estimate of drug-likeness (QED) is 0.391. The zero-order valence-corrected chi connectivity index (χ0v) is 10.3. The molecule has 5 nitrogen and oxygen atoms in total. The Morgan fingerprint density at radius 1 is 0.850 bits per heavy atom. The first-order valence-corrected chi connectivity index (χ1v) is 5.73. The van der Waals surface area contributed by atoms with Gasteiger partial charge in [0.25, 0.3) is 0 Å². The molecule has 4 N–H and O–H groups in total. The summed E-state index contributed by atoms with van der Waals surface area (Å²) < 4.78 is 0. The fraction of sp³-hybridized carbons (Fsp3) is 0. The van der Waals surface area contributed by atoms with E-state index in [0.717, 1.165) is 6.07 Å². The number of carbonyl (C=O) groups excluding carboxylic acids is 1. The second kappa shape index (κ2) is 5.36. The summed E-state index contributed by atoms with van der Waals surface area (Å²) in [4.78, 5) is 11.9. The normalized spacial score (nSPS) is 10.8. The van der Waals surface area contributed by atoms with Crippen molar-refractivity contribution in [2.45, 2.75) is 0 Å². The van der Waals surface area contributed by atoms with Crippen LogP contribution in [0.1, 0.15) is 15.9 Å². The van der Waals surface area contributed by atoms with Gasteiger partial charge in [0.05, 0.1) is 0 Å². The van der Waals surface area contributed by atoms with Crippen molar-refractivity contribution in [2.75, 3.05) is 0 Å². The van der Waals surface area contributed by atoms with Gasteiger partial charge < -0.3 is 20.4 Å². The third-order valence-electron chi connectivity index (χ3n) is 2.61. The van der Waals surface area contributed by atoms with Crippen LogP contribution in [0.15, 0.2) is 42.5 Å². The van der Waals surface area contributed by atoms with Gasteiger partial charge in [-0.2, -0.15) is 0 Å². The highest BCUT2D eigenvalue weighted by Gasteiger charge is 2.06. The number of carbonyl (C=O) groups is 1. The highest BCUT2D eigenvalue weighted by atomic mass is 16.3. The van der Waals surface area contributed by atoms with Crippen molar-refractivity contribution < 1.29 is 25.2 Å². The molecular formula is C15H12O5. The second-order valence-electron chi connectivity index (χ2n) is 4.18. The molecule has 0 radical (unpaired) electrons. The van der Waals surface area contributed by atoms with Crippen LogP contribution < -0.4 is 0 Å². The number of ketones is 1. The van der Waals surface area contributed by atoms with Crippen molar-refractivity contribution in [1.29, 1.82) is 0 Å². The molecular weight excluding hydrogens is 260 g/mol. The molecule has 0 unspecified atom stereocenters. The summed E-state index contributed by atoms with van der Waals surface area (Å²) in [6.45, 7) is 0. The molecule has 5 heteroatoms. The predicted molar refractivity (Wildman–Crippen MR) is 72.9 cm³/mol. The Morgan fingerprint density at radius 3 is 2.10 bits per heavy atom. The third kappa shape index (κ3) is 3.08. The molecule has 0 amide bonds. The van der Waals surface area contributed by atoms with Crippen LogP contribution in [0.4, 0.5) is 0 Å². The van der Waals surface area contributed by atoms with E-state index >= 15 is 0 Å². The SMILES string of the molecule is O=C(C=Cc1ccc(O)c(O)c1)c1cc(O)cc(O)c1. The van der Waals surface area contributed by atoms with E-state index in [-0.39, 0.29) is 28.6 Å². The van der Waals surface area contributed by atoms with Crippen LogP contribution in [0.25, 0.3) is 6.08 Å². The van der Waals surface area contributed by atoms with E-state index in [2.05, 4.69) is 0 Å². The molecule has 2 aromatic rings. The standard InChI is InChI=1S/C15H12O5/c16-11-6-10(7-12(17)8-11)13(18)3-1-9-2-4-14(19)15(20)5-9/h1-8,16-17,19-20H. The molecule has 102 valence electrons. The zero-order chi connectivity index (χ0) is 14.7. The number of hydrogen-bond donors (Lipinski definition) is 4. The molecule has 0 spiro atoms. The Morgan fingerprint density at radius 2 is 1.50 bits per heavy atom. The van der Waals surface area contributed by atoms with E-state index in [9.17, 15) is 20.1 Å². The maximum atomic E-state index is 11.9. The average molecular weight is 272 g/mol. The number of hydrogen-bond acceptors (Lipinski definition) is 5. The van der Waals surface area contributed by atoms with Gasteiger partial charge in [-0.25, -0.2) is 0 Å². The van der Waals surface area contributed by atoms with Crippen LogP contribution in [-0.4, -0.2) is 26.2 Å². The number of phenolic OH excluding ortho intramolecular Hbond substituents is 4. The predicted octanol–water partition coefficient (Wildman–Crippen LogP) is 2.41. The van der Waals surface area contributed by atoms with Gasteiger partial charge in [0.2, 0.25) is 0 Å². The van der Waals surface area contributed by atoms with Crippen LogP contribution in [0.5, 0.6) is 23.0 Å². The fourth-order valence-electron chi connectivity index (χ4n) is 1.65. The lowest BCUT2D eigenvalue weighted by Gasteiger charge is -2.00. The number of rotatable bonds is 3. The van der Waals surface area contributed by atoms with Crippen molar-refractivity contribution in [3.63, 3.8) is 0 Å². The largest absolute Gasteiger partial charge is 0.508 e. The molecule has 0 heterocycles. The third-order valence-corrected chi connectivity index (χ3v) is 2.61. The van der Waals surface area contributed by atoms with Crippen LogP contribution >= 0.6 is 0 Å². The highest BCUT2D eigenvalue weighted by Crippen LogP contribution is 2.25. The van der Waals surface area contributed by atoms with Gasteiger partial charge >= 0.3 is 0 Å². The van der Waals surface area contributed by atoms with E-state index in [4.69, 9.17) is 5.11 Å². The lowest BCUT2D eigenvalue weighted by Crippen LogP contribution is -1.93. The maximum absolute atomic E-state index is 11.9. The van der Waals surface area contributed by atoms with Gasteiger partial charge in [-0.3, -0.25) is 4.79 Å². The number of benzene rings is 2. The monoisotopic (exact) mass is 272 g/mol. The van der Waals surface area contributed by atoms with Crippen LogP contribution in [0, 0.1) is 0 Å². The van der Waals surface area contributed by atoms with E-state index in [0.29, 0.717) is 5.56 Å². The summed E-state index contributed by atoms with van der Waals surface area (Å²) >= 11 is 0. The number of phenols is 4. The summed E-state index contributed by atoms with van der Waals surface area (Å²) in [6.07, 6.45) is 2.68. The Hall–Kier alpha value is -2.95. The van der Waals surface area contributed by atoms with Crippen molar-refractivity contribution in [3.05, 3.63) is 53.6 Å². The first-order valence-electron chi connectivity index (χ1n) is 5.73. The van der Waals surface area contributed by atoms with Gasteiger partial charge in [0, 0.05) is 11.6 Å². The first-order chi connectivity index (χ1) is 9.45. The molecule has 0 saturated carbocycles. The van der Waals surface area contributed by atoms with Gasteiger partial charge in [0.15, 0.2) is 17.3 Å². The molecule has 0 aliphatic carbocycles. The lowest BCUT2D eigenvalue weighted by atomic mass is 10.1. The van der Waals surface area contributed by atoms with Gasteiger partial charge in [0.1, 0.15) is 11.5 Å². The summed E-state index contributed by atoms with van der Waals surface area (Å²) in [7, 11) is 0. The highest BCUT2D eigenvalue weighted by molar-refractivity contribution is 6.07. The Labute approximate surface area is 114 Å². The molecule has 0 aromatic heterocycles. The first kappa shape index (κ1) is 13.5. The Balaban J connectivity index is 2.22. The maximum Gasteiger partial charge on any atom is 0.186 e. The minimum atomic E-state index is -0.413. The molecule has 2 aromatic carbocycles. The minimum Gasteiger partial charge on any atom is -0.508 e. The molecule has 0 aliphatic rings. The summed E-state index contributed by atoms with van der Waals surface area (Å²) in [6, 6.07) is 7.73. The summed E-state index contributed by atoms with van der Waals surface area (Å²) in [5.74, 6) is -1.35. The number of allylic oxidation sites excluding steroid dienone is 1. The van der Waals surface area contributed by atoms with Crippen LogP contribution in [0.2, 0.25) is 0 Å². The topological polar surface area (TPSA) is 98.0 Å². The molecule has 20 heavy (non-hydrogen) atoms. The van der Waals surface area contributed by atoms with E-state index < -0.39 is 5.78 Å². The van der Waals surface area contributed by atoms with Crippen molar-refractivity contribution in [2.24, 2.45) is 0 Å². The van der Waals surface area contributed by atoms with E-state index in [1.165, 1.54) is 42.5 Å². The molecule has 2 rings (SSSR count). The molecule has 0 fully saturated rings. The zero-order valence-electron chi connectivity index (χ0n) is 10.3. The smallest absolute Gasteiger partial charge is 0.186 e. The van der Waals surface area contributed by atoms with Crippen LogP contribution in [0.3, 0.4) is 0 Å². The Bertz CT molecular complexity index is 668. The second-order valence-corrected chi connectivity index (χ2v) is 4.18. The van der Waals surface area contributed by atoms with Crippen molar-refractivity contribution in [3.8, 4) is 23.0 Å². The van der Waals surface area contributed by atoms with Gasteiger partial charge in [-0.15, -0.1) is 0 Å². The van der Waals surface area contributed by atoms with Gasteiger partial charge in [-0.1, -0.05) is 12.1 Å². The fourth-order valence-corrected chi connectivity index (χ4v) is 1.65. The average Bonchev–Trinajstić information content (AvgIpc) is 2.38. The molecule has 0 aliphatic heterocycles. The molecule has 0 atom stereocenters. The summed E-state index contributed by atoms with van der Waals surface area (Å²) in [5.41, 5.74) is 0.666. The molecule has 0 bridgehead atoms. The summed E-state index contributed by atoms with van der Waals surface area (Å²) in [5, 5.41) is 37.1. The molecule has 0 saturated heterocycles. The van der Waals surface area contributed by atoms with E-state index in [1.807, 2.05) is 0 Å².